The van der Waals surface area contributed by atoms with E-state index in [4.69, 9.17) is 4.74 Å². The molecule has 0 unspecified atom stereocenters. The number of amides is 1. The van der Waals surface area contributed by atoms with E-state index in [1.54, 1.807) is 6.33 Å². The molecular formula is C25H32N4O2. The number of benzene rings is 1. The average molecular weight is 421 g/mol. The summed E-state index contributed by atoms with van der Waals surface area (Å²) in [4.78, 5) is 25.1. The maximum atomic E-state index is 13.5. The molecule has 0 bridgehead atoms. The summed E-state index contributed by atoms with van der Waals surface area (Å²) in [5.41, 5.74) is 3.22. The van der Waals surface area contributed by atoms with Gasteiger partial charge in [0.25, 0.3) is 0 Å². The van der Waals surface area contributed by atoms with Crippen LogP contribution in [0, 0.1) is 0 Å². The van der Waals surface area contributed by atoms with E-state index in [0.717, 1.165) is 63.0 Å². The molecule has 0 radical (unpaired) electrons. The van der Waals surface area contributed by atoms with E-state index in [1.165, 1.54) is 24.1 Å². The van der Waals surface area contributed by atoms with Crippen molar-refractivity contribution in [1.29, 1.82) is 0 Å². The zero-order valence-corrected chi connectivity index (χ0v) is 18.2. The van der Waals surface area contributed by atoms with Crippen LogP contribution in [0.25, 0.3) is 0 Å². The molecule has 3 aliphatic rings. The SMILES string of the molecule is O=C(NC1CCN(c2ncnc3c2CCCC3)CC1)C1(c2ccccc2)CCOCC1. The Labute approximate surface area is 184 Å². The highest BCUT2D eigenvalue weighted by Gasteiger charge is 2.42. The van der Waals surface area contributed by atoms with Crippen LogP contribution >= 0.6 is 0 Å². The van der Waals surface area contributed by atoms with Crippen LogP contribution in [0.5, 0.6) is 0 Å². The zero-order valence-electron chi connectivity index (χ0n) is 18.2. The Morgan fingerprint density at radius 2 is 1.77 bits per heavy atom. The molecule has 31 heavy (non-hydrogen) atoms. The lowest BCUT2D eigenvalue weighted by atomic mass is 9.73. The summed E-state index contributed by atoms with van der Waals surface area (Å²) in [7, 11) is 0. The minimum Gasteiger partial charge on any atom is -0.381 e. The van der Waals surface area contributed by atoms with Gasteiger partial charge in [-0.1, -0.05) is 30.3 Å². The molecule has 0 atom stereocenters. The van der Waals surface area contributed by atoms with E-state index in [1.807, 2.05) is 18.2 Å². The normalized spacial score (nSPS) is 21.4. The fraction of sp³-hybridized carbons (Fsp3) is 0.560. The number of carbonyl (C=O) groups excluding carboxylic acids is 1. The maximum Gasteiger partial charge on any atom is 0.231 e. The van der Waals surface area contributed by atoms with Crippen LogP contribution in [0.1, 0.15) is 55.3 Å². The zero-order chi connectivity index (χ0) is 21.1. The molecule has 1 aliphatic carbocycles. The van der Waals surface area contributed by atoms with Crippen LogP contribution in [-0.4, -0.2) is 48.2 Å². The molecule has 1 aromatic heterocycles. The van der Waals surface area contributed by atoms with Crippen LogP contribution < -0.4 is 10.2 Å². The highest BCUT2D eigenvalue weighted by Crippen LogP contribution is 2.36. The van der Waals surface area contributed by atoms with Crippen LogP contribution in [0.2, 0.25) is 0 Å². The molecule has 164 valence electrons. The number of fused-ring (bicyclic) bond motifs is 1. The van der Waals surface area contributed by atoms with E-state index in [2.05, 4.69) is 32.3 Å². The van der Waals surface area contributed by atoms with Crippen molar-refractivity contribution in [3.63, 3.8) is 0 Å². The molecule has 6 nitrogen and oxygen atoms in total. The second-order valence-electron chi connectivity index (χ2n) is 9.12. The van der Waals surface area contributed by atoms with Gasteiger partial charge in [-0.05, 0) is 56.9 Å². The molecule has 0 saturated carbocycles. The third-order valence-corrected chi connectivity index (χ3v) is 7.34. The van der Waals surface area contributed by atoms with Crippen molar-refractivity contribution in [2.45, 2.75) is 62.8 Å². The Kier molecular flexibility index (Phi) is 5.90. The Morgan fingerprint density at radius 1 is 1.03 bits per heavy atom. The summed E-state index contributed by atoms with van der Waals surface area (Å²) in [6, 6.07) is 10.5. The summed E-state index contributed by atoms with van der Waals surface area (Å²) in [5.74, 6) is 1.29. The van der Waals surface area contributed by atoms with E-state index in [0.29, 0.717) is 13.2 Å². The lowest BCUT2D eigenvalue weighted by Gasteiger charge is -2.39. The minimum absolute atomic E-state index is 0.167. The van der Waals surface area contributed by atoms with E-state index in [-0.39, 0.29) is 11.9 Å². The topological polar surface area (TPSA) is 67.4 Å². The Morgan fingerprint density at radius 3 is 2.55 bits per heavy atom. The van der Waals surface area contributed by atoms with Gasteiger partial charge in [0.1, 0.15) is 12.1 Å². The van der Waals surface area contributed by atoms with Gasteiger partial charge in [0, 0.05) is 43.6 Å². The van der Waals surface area contributed by atoms with E-state index in [9.17, 15) is 4.79 Å². The number of anilines is 1. The molecule has 2 saturated heterocycles. The first-order chi connectivity index (χ1) is 15.3. The predicted molar refractivity (Wildman–Crippen MR) is 120 cm³/mol. The fourth-order valence-electron chi connectivity index (χ4n) is 5.46. The quantitative estimate of drug-likeness (QED) is 0.823. The third-order valence-electron chi connectivity index (χ3n) is 7.34. The summed E-state index contributed by atoms with van der Waals surface area (Å²) in [5, 5.41) is 3.41. The Hall–Kier alpha value is -2.47. The molecule has 5 rings (SSSR count). The van der Waals surface area contributed by atoms with Gasteiger partial charge >= 0.3 is 0 Å². The molecule has 0 spiro atoms. The lowest BCUT2D eigenvalue weighted by Crippen LogP contribution is -2.53. The molecule has 2 fully saturated rings. The van der Waals surface area contributed by atoms with Gasteiger partial charge in [0.2, 0.25) is 5.91 Å². The molecule has 1 aromatic carbocycles. The molecule has 1 N–H and O–H groups in total. The van der Waals surface area contributed by atoms with Crippen molar-refractivity contribution in [2.75, 3.05) is 31.2 Å². The van der Waals surface area contributed by atoms with Crippen molar-refractivity contribution in [1.82, 2.24) is 15.3 Å². The van der Waals surface area contributed by atoms with Gasteiger partial charge in [0.15, 0.2) is 0 Å². The van der Waals surface area contributed by atoms with Crippen molar-refractivity contribution in [3.8, 4) is 0 Å². The summed E-state index contributed by atoms with van der Waals surface area (Å²) >= 11 is 0. The Bertz CT molecular complexity index is 903. The number of hydrogen-bond acceptors (Lipinski definition) is 5. The highest BCUT2D eigenvalue weighted by atomic mass is 16.5. The minimum atomic E-state index is -0.470. The maximum absolute atomic E-state index is 13.5. The van der Waals surface area contributed by atoms with Crippen molar-refractivity contribution >= 4 is 11.7 Å². The summed E-state index contributed by atoms with van der Waals surface area (Å²) in [6.45, 7) is 3.13. The largest absolute Gasteiger partial charge is 0.381 e. The monoisotopic (exact) mass is 420 g/mol. The highest BCUT2D eigenvalue weighted by molar-refractivity contribution is 5.88. The number of aryl methyl sites for hydroxylation is 1. The molecule has 3 heterocycles. The van der Waals surface area contributed by atoms with Crippen molar-refractivity contribution in [2.24, 2.45) is 0 Å². The van der Waals surface area contributed by atoms with Gasteiger partial charge in [0.05, 0.1) is 5.41 Å². The molecule has 2 aliphatic heterocycles. The first-order valence-electron chi connectivity index (χ1n) is 11.8. The summed E-state index contributed by atoms with van der Waals surface area (Å²) in [6.07, 6.45) is 9.73. The first-order valence-corrected chi connectivity index (χ1v) is 11.8. The lowest BCUT2D eigenvalue weighted by molar-refractivity contribution is -0.131. The number of aromatic nitrogens is 2. The van der Waals surface area contributed by atoms with Crippen molar-refractivity contribution in [3.05, 3.63) is 53.5 Å². The van der Waals surface area contributed by atoms with Gasteiger partial charge in [-0.15, -0.1) is 0 Å². The smallest absolute Gasteiger partial charge is 0.231 e. The number of nitrogens with zero attached hydrogens (tertiary/aromatic N) is 3. The van der Waals surface area contributed by atoms with Gasteiger partial charge < -0.3 is 15.0 Å². The molecule has 2 aromatic rings. The van der Waals surface area contributed by atoms with Crippen LogP contribution in [-0.2, 0) is 27.8 Å². The number of rotatable bonds is 4. The number of ether oxygens (including phenoxy) is 1. The van der Waals surface area contributed by atoms with E-state index < -0.39 is 5.41 Å². The van der Waals surface area contributed by atoms with Crippen molar-refractivity contribution < 1.29 is 9.53 Å². The second kappa shape index (κ2) is 8.95. The van der Waals surface area contributed by atoms with Gasteiger partial charge in [-0.3, -0.25) is 4.79 Å². The Balaban J connectivity index is 1.26. The van der Waals surface area contributed by atoms with Gasteiger partial charge in [-0.25, -0.2) is 9.97 Å². The van der Waals surface area contributed by atoms with Gasteiger partial charge in [-0.2, -0.15) is 0 Å². The first kappa shape index (κ1) is 20.4. The molecule has 6 heteroatoms. The van der Waals surface area contributed by atoms with E-state index >= 15 is 0 Å². The second-order valence-corrected chi connectivity index (χ2v) is 9.12. The van der Waals surface area contributed by atoms with Crippen LogP contribution in [0.3, 0.4) is 0 Å². The fourth-order valence-corrected chi connectivity index (χ4v) is 5.46. The number of nitrogens with one attached hydrogen (secondary N) is 1. The van der Waals surface area contributed by atoms with Crippen LogP contribution in [0.15, 0.2) is 36.7 Å². The number of hydrogen-bond donors (Lipinski definition) is 1. The average Bonchev–Trinajstić information content (AvgIpc) is 2.85. The molecule has 1 amide bonds. The number of carbonyl (C=O) groups is 1. The molecular weight excluding hydrogens is 388 g/mol. The number of piperidine rings is 1. The third kappa shape index (κ3) is 4.05. The standard InChI is InChI=1S/C25H32N4O2/c30-24(25(12-16-31-17-13-25)19-6-2-1-3-7-19)28-20-10-14-29(15-11-20)23-21-8-4-5-9-22(21)26-18-27-23/h1-3,6-7,18,20H,4-5,8-17H2,(H,28,30). The summed E-state index contributed by atoms with van der Waals surface area (Å²) < 4.78 is 5.60. The van der Waals surface area contributed by atoms with Crippen LogP contribution in [0.4, 0.5) is 5.82 Å². The predicted octanol–water partition coefficient (Wildman–Crippen LogP) is 3.19.